The van der Waals surface area contributed by atoms with Crippen molar-refractivity contribution in [2.75, 3.05) is 0 Å². The number of halogens is 1. The summed E-state index contributed by atoms with van der Waals surface area (Å²) in [6.45, 7) is 0.0536. The Morgan fingerprint density at radius 1 is 1.43 bits per heavy atom. The summed E-state index contributed by atoms with van der Waals surface area (Å²) in [5, 5.41) is 13.1. The van der Waals surface area contributed by atoms with Crippen molar-refractivity contribution in [2.24, 2.45) is 0 Å². The molecule has 4 heteroatoms. The van der Waals surface area contributed by atoms with E-state index in [1.165, 1.54) is 0 Å². The number of hydrogen-bond donors (Lipinski definition) is 1. The first-order chi connectivity index (χ1) is 6.81. The molecule has 0 bridgehead atoms. The maximum Gasteiger partial charge on any atom is 0.0787 e. The van der Waals surface area contributed by atoms with Gasteiger partial charge >= 0.3 is 0 Å². The molecule has 0 saturated carbocycles. The van der Waals surface area contributed by atoms with Crippen LogP contribution in [-0.2, 0) is 6.61 Å². The number of aromatic nitrogens is 2. The molecule has 0 spiro atoms. The van der Waals surface area contributed by atoms with Crippen LogP contribution in [0.5, 0.6) is 0 Å². The quantitative estimate of drug-likeness (QED) is 0.890. The molecule has 1 heterocycles. The summed E-state index contributed by atoms with van der Waals surface area (Å²) in [6.07, 6.45) is 3.60. The second-order valence-electron chi connectivity index (χ2n) is 2.89. The minimum atomic E-state index is 0.0536. The molecule has 0 aliphatic heterocycles. The van der Waals surface area contributed by atoms with E-state index >= 15 is 0 Å². The van der Waals surface area contributed by atoms with Crippen LogP contribution in [0.2, 0.25) is 0 Å². The molecule has 1 aromatic carbocycles. The Morgan fingerprint density at radius 2 is 2.29 bits per heavy atom. The molecular formula is C10H9BrN2O. The van der Waals surface area contributed by atoms with Gasteiger partial charge in [-0.25, -0.2) is 4.68 Å². The van der Waals surface area contributed by atoms with Crippen molar-refractivity contribution >= 4 is 15.9 Å². The minimum absolute atomic E-state index is 0.0536. The molecule has 2 rings (SSSR count). The Labute approximate surface area is 90.1 Å². The van der Waals surface area contributed by atoms with Gasteiger partial charge in [0.1, 0.15) is 0 Å². The van der Waals surface area contributed by atoms with E-state index < -0.39 is 0 Å². The maximum absolute atomic E-state index is 8.94. The Morgan fingerprint density at radius 3 is 2.86 bits per heavy atom. The third-order valence-electron chi connectivity index (χ3n) is 1.95. The monoisotopic (exact) mass is 252 g/mol. The van der Waals surface area contributed by atoms with Crippen molar-refractivity contribution in [3.05, 3.63) is 46.7 Å². The van der Waals surface area contributed by atoms with Gasteiger partial charge < -0.3 is 5.11 Å². The normalized spacial score (nSPS) is 10.4. The second-order valence-corrected chi connectivity index (χ2v) is 3.75. The van der Waals surface area contributed by atoms with E-state index in [0.29, 0.717) is 0 Å². The summed E-state index contributed by atoms with van der Waals surface area (Å²) in [7, 11) is 0. The highest BCUT2D eigenvalue weighted by atomic mass is 79.9. The summed E-state index contributed by atoms with van der Waals surface area (Å²) in [4.78, 5) is 0. The van der Waals surface area contributed by atoms with Gasteiger partial charge in [0.05, 0.1) is 12.3 Å². The summed E-state index contributed by atoms with van der Waals surface area (Å²) >= 11 is 3.44. The lowest BCUT2D eigenvalue weighted by Gasteiger charge is -2.05. The molecule has 0 saturated heterocycles. The minimum Gasteiger partial charge on any atom is -0.392 e. The van der Waals surface area contributed by atoms with Gasteiger partial charge in [-0.15, -0.1) is 0 Å². The summed E-state index contributed by atoms with van der Waals surface area (Å²) in [6, 6.07) is 7.55. The number of benzene rings is 1. The fourth-order valence-corrected chi connectivity index (χ4v) is 1.85. The van der Waals surface area contributed by atoms with E-state index in [4.69, 9.17) is 5.11 Å². The predicted octanol–water partition coefficient (Wildman–Crippen LogP) is 2.13. The van der Waals surface area contributed by atoms with E-state index in [-0.39, 0.29) is 6.61 Å². The van der Waals surface area contributed by atoms with Gasteiger partial charge in [0.25, 0.3) is 0 Å². The first kappa shape index (κ1) is 9.43. The zero-order valence-electron chi connectivity index (χ0n) is 7.39. The molecule has 2 aromatic rings. The number of hydrogen-bond acceptors (Lipinski definition) is 2. The van der Waals surface area contributed by atoms with E-state index in [1.54, 1.807) is 10.9 Å². The van der Waals surface area contributed by atoms with Gasteiger partial charge in [0.15, 0.2) is 0 Å². The third kappa shape index (κ3) is 1.71. The zero-order valence-corrected chi connectivity index (χ0v) is 8.98. The van der Waals surface area contributed by atoms with Gasteiger partial charge in [-0.1, -0.05) is 6.07 Å². The molecule has 0 radical (unpaired) electrons. The number of aliphatic hydroxyl groups excluding tert-OH is 1. The van der Waals surface area contributed by atoms with Crippen molar-refractivity contribution in [1.82, 2.24) is 9.78 Å². The van der Waals surface area contributed by atoms with Crippen molar-refractivity contribution in [1.29, 1.82) is 0 Å². The highest BCUT2D eigenvalue weighted by Gasteiger charge is 2.02. The zero-order chi connectivity index (χ0) is 9.97. The molecule has 0 amide bonds. The Hall–Kier alpha value is -1.13. The van der Waals surface area contributed by atoms with E-state index in [9.17, 15) is 0 Å². The van der Waals surface area contributed by atoms with Gasteiger partial charge in [0.2, 0.25) is 0 Å². The summed E-state index contributed by atoms with van der Waals surface area (Å²) in [5.41, 5.74) is 1.85. The first-order valence-corrected chi connectivity index (χ1v) is 5.00. The van der Waals surface area contributed by atoms with Crippen LogP contribution < -0.4 is 0 Å². The van der Waals surface area contributed by atoms with Crippen molar-refractivity contribution in [2.45, 2.75) is 6.61 Å². The second kappa shape index (κ2) is 3.94. The van der Waals surface area contributed by atoms with E-state index in [0.717, 1.165) is 15.7 Å². The van der Waals surface area contributed by atoms with Crippen LogP contribution in [0.3, 0.4) is 0 Å². The van der Waals surface area contributed by atoms with Crippen LogP contribution in [0.4, 0.5) is 0 Å². The lowest BCUT2D eigenvalue weighted by atomic mass is 10.2. The highest BCUT2D eigenvalue weighted by molar-refractivity contribution is 9.10. The topological polar surface area (TPSA) is 38.0 Å². The largest absolute Gasteiger partial charge is 0.392 e. The van der Waals surface area contributed by atoms with Gasteiger partial charge in [-0.3, -0.25) is 0 Å². The predicted molar refractivity (Wildman–Crippen MR) is 57.2 cm³/mol. The maximum atomic E-state index is 8.94. The molecule has 0 fully saturated rings. The van der Waals surface area contributed by atoms with E-state index in [2.05, 4.69) is 21.0 Å². The molecule has 14 heavy (non-hydrogen) atoms. The Bertz CT molecular complexity index is 426. The highest BCUT2D eigenvalue weighted by Crippen LogP contribution is 2.21. The lowest BCUT2D eigenvalue weighted by Crippen LogP contribution is -1.96. The Kier molecular flexibility index (Phi) is 2.65. The SMILES string of the molecule is OCc1ccc(-n2cccn2)c(Br)c1. The number of aliphatic hydroxyl groups is 1. The summed E-state index contributed by atoms with van der Waals surface area (Å²) < 4.78 is 2.69. The van der Waals surface area contributed by atoms with Crippen LogP contribution in [0.25, 0.3) is 5.69 Å². The van der Waals surface area contributed by atoms with Crippen LogP contribution in [-0.4, -0.2) is 14.9 Å². The van der Waals surface area contributed by atoms with Crippen molar-refractivity contribution in [3.63, 3.8) is 0 Å². The number of nitrogens with zero attached hydrogens (tertiary/aromatic N) is 2. The fourth-order valence-electron chi connectivity index (χ4n) is 1.25. The third-order valence-corrected chi connectivity index (χ3v) is 2.58. The molecule has 0 aliphatic rings. The Balaban J connectivity index is 2.46. The standard InChI is InChI=1S/C10H9BrN2O/c11-9-6-8(7-14)2-3-10(9)13-5-1-4-12-13/h1-6,14H,7H2. The van der Waals surface area contributed by atoms with Crippen LogP contribution in [0.1, 0.15) is 5.56 Å². The van der Waals surface area contributed by atoms with Crippen LogP contribution in [0, 0.1) is 0 Å². The summed E-state index contributed by atoms with van der Waals surface area (Å²) in [5.74, 6) is 0. The van der Waals surface area contributed by atoms with Gasteiger partial charge in [-0.2, -0.15) is 5.10 Å². The average Bonchev–Trinajstić information content (AvgIpc) is 2.70. The molecular weight excluding hydrogens is 244 g/mol. The van der Waals surface area contributed by atoms with E-state index in [1.807, 2.05) is 30.5 Å². The molecule has 3 nitrogen and oxygen atoms in total. The molecule has 0 aliphatic carbocycles. The van der Waals surface area contributed by atoms with Crippen molar-refractivity contribution in [3.8, 4) is 5.69 Å². The van der Waals surface area contributed by atoms with Crippen LogP contribution >= 0.6 is 15.9 Å². The first-order valence-electron chi connectivity index (χ1n) is 4.20. The molecule has 0 unspecified atom stereocenters. The van der Waals surface area contributed by atoms with Crippen molar-refractivity contribution < 1.29 is 5.11 Å². The fraction of sp³-hybridized carbons (Fsp3) is 0.100. The lowest BCUT2D eigenvalue weighted by molar-refractivity contribution is 0.282. The van der Waals surface area contributed by atoms with Gasteiger partial charge in [-0.05, 0) is 39.7 Å². The molecule has 0 atom stereocenters. The molecule has 1 N–H and O–H groups in total. The smallest absolute Gasteiger partial charge is 0.0787 e. The van der Waals surface area contributed by atoms with Gasteiger partial charge in [0, 0.05) is 16.9 Å². The molecule has 72 valence electrons. The van der Waals surface area contributed by atoms with Crippen LogP contribution in [0.15, 0.2) is 41.1 Å². The molecule has 1 aromatic heterocycles. The number of rotatable bonds is 2. The average molecular weight is 253 g/mol.